The van der Waals surface area contributed by atoms with Crippen molar-refractivity contribution < 1.29 is 4.42 Å². The van der Waals surface area contributed by atoms with Crippen molar-refractivity contribution in [2.45, 2.75) is 0 Å². The van der Waals surface area contributed by atoms with E-state index in [1.54, 1.807) is 0 Å². The third-order valence-electron chi connectivity index (χ3n) is 15.7. The number of hydrogen-bond acceptors (Lipinski definition) is 4. The lowest BCUT2D eigenvalue weighted by Crippen LogP contribution is -2.14. The number of hydrogen-bond donors (Lipinski definition) is 0. The fraction of sp³-hybridized carbons (Fsp3) is 0. The van der Waals surface area contributed by atoms with E-state index in [0.717, 1.165) is 110 Å². The first-order chi connectivity index (χ1) is 38.2. The van der Waals surface area contributed by atoms with Crippen LogP contribution in [0.4, 0.5) is 0 Å². The van der Waals surface area contributed by atoms with Crippen LogP contribution in [-0.2, 0) is 0 Å². The number of para-hydroxylation sites is 9. The molecule has 0 atom stereocenters. The number of rotatable bonds is 6. The fourth-order valence-electron chi connectivity index (χ4n) is 12.5. The van der Waals surface area contributed by atoms with Gasteiger partial charge in [-0.2, -0.15) is 10.5 Å². The second kappa shape index (κ2) is 16.3. The molecule has 0 unspecified atom stereocenters. The van der Waals surface area contributed by atoms with E-state index in [1.807, 2.05) is 54.6 Å². The molecule has 0 spiro atoms. The first kappa shape index (κ1) is 42.6. The first-order valence-electron chi connectivity index (χ1n) is 25.7. The number of benzene rings is 11. The molecular formula is C69H39N7O. The number of oxazole rings is 1. The number of aromatic nitrogens is 5. The van der Waals surface area contributed by atoms with Crippen molar-refractivity contribution in [3.05, 3.63) is 248 Å². The number of nitrogens with zero attached hydrogens (tertiary/aromatic N) is 7. The van der Waals surface area contributed by atoms with E-state index >= 15 is 0 Å². The molecule has 16 rings (SSSR count). The van der Waals surface area contributed by atoms with Crippen LogP contribution < -0.4 is 0 Å². The molecule has 0 fully saturated rings. The maximum atomic E-state index is 12.6. The Morgan fingerprint density at radius 2 is 0.740 bits per heavy atom. The molecule has 0 aliphatic carbocycles. The molecule has 0 N–H and O–H groups in total. The van der Waals surface area contributed by atoms with Gasteiger partial charge in [0.1, 0.15) is 11.6 Å². The highest BCUT2D eigenvalue weighted by molar-refractivity contribution is 6.16. The lowest BCUT2D eigenvalue weighted by Gasteiger charge is -2.27. The molecule has 0 saturated carbocycles. The van der Waals surface area contributed by atoms with Gasteiger partial charge in [-0.05, 0) is 90.5 Å². The average Bonchev–Trinajstić information content (AvgIpc) is 4.48. The summed E-state index contributed by atoms with van der Waals surface area (Å²) in [5.41, 5.74) is 15.6. The number of nitriles is 2. The Balaban J connectivity index is 1.16. The highest BCUT2D eigenvalue weighted by Crippen LogP contribution is 2.52. The topological polar surface area (TPSA) is 93.3 Å². The van der Waals surface area contributed by atoms with E-state index < -0.39 is 0 Å². The Morgan fingerprint density at radius 3 is 1.21 bits per heavy atom. The zero-order valence-electron chi connectivity index (χ0n) is 41.1. The molecule has 0 aliphatic heterocycles. The summed E-state index contributed by atoms with van der Waals surface area (Å²) in [5.74, 6) is 0.380. The van der Waals surface area contributed by atoms with Crippen LogP contribution in [0.5, 0.6) is 0 Å². The van der Waals surface area contributed by atoms with Gasteiger partial charge >= 0.3 is 0 Å². The van der Waals surface area contributed by atoms with Gasteiger partial charge in [-0.15, -0.1) is 0 Å². The normalized spacial score (nSPS) is 11.9. The molecule has 0 aliphatic rings. The van der Waals surface area contributed by atoms with E-state index in [1.165, 1.54) is 0 Å². The summed E-state index contributed by atoms with van der Waals surface area (Å²) in [4.78, 5) is 5.42. The maximum absolute atomic E-state index is 12.6. The van der Waals surface area contributed by atoms with Gasteiger partial charge in [0.25, 0.3) is 0 Å². The Labute approximate surface area is 439 Å². The predicted octanol–water partition coefficient (Wildman–Crippen LogP) is 17.3. The lowest BCUT2D eigenvalue weighted by molar-refractivity contribution is 0.619. The third-order valence-corrected chi connectivity index (χ3v) is 15.7. The zero-order chi connectivity index (χ0) is 50.9. The molecule has 0 radical (unpaired) electrons. The average molecular weight is 982 g/mol. The van der Waals surface area contributed by atoms with Crippen molar-refractivity contribution in [3.63, 3.8) is 0 Å². The van der Waals surface area contributed by atoms with Crippen LogP contribution in [0.3, 0.4) is 0 Å². The first-order valence-corrected chi connectivity index (χ1v) is 25.7. The largest absolute Gasteiger partial charge is 0.436 e. The summed E-state index contributed by atoms with van der Waals surface area (Å²) in [5, 5.41) is 31.0. The molecule has 16 aromatic rings. The molecule has 11 aromatic carbocycles. The van der Waals surface area contributed by atoms with Gasteiger partial charge in [0.2, 0.25) is 5.89 Å². The highest BCUT2D eigenvalue weighted by Gasteiger charge is 2.35. The predicted molar refractivity (Wildman–Crippen MR) is 312 cm³/mol. The Kier molecular flexibility index (Phi) is 9.00. The summed E-state index contributed by atoms with van der Waals surface area (Å²) >= 11 is 0. The standard InChI is InChI=1S/C69H39N7O/c70-40-42-33-38-62-52(39-42)51-23-7-9-25-55(51)73(62)44-36-34-43(35-37-44)64-53(41-71)66(74-56-26-10-1-17-45(56)46-18-2-11-27-57(46)74)68(76-60-30-14-5-21-49(60)50-22-6-15-31-61(50)76)67(65(64)69-72-54-24-8-16-32-63(54)77-69)75-58-28-12-3-19-47(58)48-20-4-13-29-59(48)75/h1-39H. The quantitative estimate of drug-likeness (QED) is 0.166. The van der Waals surface area contributed by atoms with Gasteiger partial charge < -0.3 is 22.7 Å². The molecule has 356 valence electrons. The Bertz CT molecular complexity index is 5070. The maximum Gasteiger partial charge on any atom is 0.230 e. The van der Waals surface area contributed by atoms with Gasteiger partial charge in [-0.25, -0.2) is 4.98 Å². The van der Waals surface area contributed by atoms with Gasteiger partial charge in [-0.1, -0.05) is 152 Å². The summed E-state index contributed by atoms with van der Waals surface area (Å²) in [7, 11) is 0. The van der Waals surface area contributed by atoms with Crippen molar-refractivity contribution >= 4 is 98.3 Å². The minimum absolute atomic E-state index is 0.380. The Morgan fingerprint density at radius 1 is 0.338 bits per heavy atom. The highest BCUT2D eigenvalue weighted by atomic mass is 16.3. The SMILES string of the molecule is N#Cc1ccc2c(c1)c1ccccc1n2-c1ccc(-c2c(C#N)c(-n3c4ccccc4c4ccccc43)c(-n3c4ccccc4c4ccccc43)c(-n3c4ccccc4c4ccccc43)c2-c2nc3ccccc3o2)cc1. The summed E-state index contributed by atoms with van der Waals surface area (Å²) in [6.07, 6.45) is 0. The molecule has 0 amide bonds. The van der Waals surface area contributed by atoms with Crippen molar-refractivity contribution in [3.8, 4) is 57.5 Å². The summed E-state index contributed by atoms with van der Waals surface area (Å²) in [6, 6.07) is 87.3. The van der Waals surface area contributed by atoms with Crippen LogP contribution in [0.2, 0.25) is 0 Å². The van der Waals surface area contributed by atoms with Crippen LogP contribution in [0.1, 0.15) is 11.1 Å². The van der Waals surface area contributed by atoms with Crippen molar-refractivity contribution in [1.29, 1.82) is 10.5 Å². The molecule has 8 heteroatoms. The smallest absolute Gasteiger partial charge is 0.230 e. The second-order valence-corrected chi connectivity index (χ2v) is 19.6. The molecule has 77 heavy (non-hydrogen) atoms. The van der Waals surface area contributed by atoms with E-state index in [9.17, 15) is 10.5 Å². The molecule has 0 saturated heterocycles. The minimum atomic E-state index is 0.380. The van der Waals surface area contributed by atoms with Crippen LogP contribution in [0.25, 0.3) is 144 Å². The van der Waals surface area contributed by atoms with Gasteiger partial charge in [0.05, 0.1) is 84.0 Å². The number of fused-ring (bicyclic) bond motifs is 13. The zero-order valence-corrected chi connectivity index (χ0v) is 41.1. The molecule has 5 heterocycles. The van der Waals surface area contributed by atoms with E-state index in [4.69, 9.17) is 9.40 Å². The molecule has 8 nitrogen and oxygen atoms in total. The van der Waals surface area contributed by atoms with Crippen LogP contribution in [0, 0.1) is 22.7 Å². The monoisotopic (exact) mass is 981 g/mol. The Hall–Kier alpha value is -10.9. The lowest BCUT2D eigenvalue weighted by atomic mass is 9.89. The van der Waals surface area contributed by atoms with Crippen molar-refractivity contribution in [1.82, 2.24) is 23.3 Å². The van der Waals surface area contributed by atoms with Crippen molar-refractivity contribution in [2.24, 2.45) is 0 Å². The van der Waals surface area contributed by atoms with Gasteiger partial charge in [-0.3, -0.25) is 0 Å². The van der Waals surface area contributed by atoms with Gasteiger partial charge in [0.15, 0.2) is 5.58 Å². The second-order valence-electron chi connectivity index (χ2n) is 19.6. The van der Waals surface area contributed by atoms with E-state index in [2.05, 4.69) is 212 Å². The van der Waals surface area contributed by atoms with Crippen LogP contribution >= 0.6 is 0 Å². The van der Waals surface area contributed by atoms with Gasteiger partial charge in [0, 0.05) is 54.3 Å². The minimum Gasteiger partial charge on any atom is -0.436 e. The third kappa shape index (κ3) is 5.98. The van der Waals surface area contributed by atoms with E-state index in [0.29, 0.717) is 44.9 Å². The summed E-state index contributed by atoms with van der Waals surface area (Å²) in [6.45, 7) is 0. The molecule has 5 aromatic heterocycles. The molecule has 0 bridgehead atoms. The van der Waals surface area contributed by atoms with Crippen LogP contribution in [-0.4, -0.2) is 23.3 Å². The summed E-state index contributed by atoms with van der Waals surface area (Å²) < 4.78 is 16.5. The van der Waals surface area contributed by atoms with Crippen molar-refractivity contribution in [2.75, 3.05) is 0 Å². The fourth-order valence-corrected chi connectivity index (χ4v) is 12.5. The van der Waals surface area contributed by atoms with E-state index in [-0.39, 0.29) is 0 Å². The van der Waals surface area contributed by atoms with Crippen LogP contribution in [0.15, 0.2) is 241 Å². The molecular weight excluding hydrogens is 943 g/mol.